The van der Waals surface area contributed by atoms with Crippen molar-refractivity contribution in [1.82, 2.24) is 0 Å². The number of benzene rings is 1. The smallest absolute Gasteiger partial charge is 0.333 e. The number of carboxylic acid groups (broad SMARTS) is 1. The van der Waals surface area contributed by atoms with E-state index in [1.165, 1.54) is 6.08 Å². The summed E-state index contributed by atoms with van der Waals surface area (Å²) >= 11 is 0. The van der Waals surface area contributed by atoms with Crippen LogP contribution in [0.25, 0.3) is 0 Å². The molecule has 3 nitrogen and oxygen atoms in total. The molecule has 1 rings (SSSR count). The zero-order valence-corrected chi connectivity index (χ0v) is 7.63. The van der Waals surface area contributed by atoms with Gasteiger partial charge in [0.2, 0.25) is 0 Å². The van der Waals surface area contributed by atoms with Crippen molar-refractivity contribution in [2.75, 3.05) is 0 Å². The number of carboxylic acids is 1. The van der Waals surface area contributed by atoms with E-state index in [1.807, 2.05) is 6.07 Å². The van der Waals surface area contributed by atoms with Crippen LogP contribution in [0.1, 0.15) is 11.5 Å². The molecule has 14 heavy (non-hydrogen) atoms. The molecule has 0 heterocycles. The second-order valence-corrected chi connectivity index (χ2v) is 2.96. The van der Waals surface area contributed by atoms with Gasteiger partial charge < -0.3 is 10.2 Å². The van der Waals surface area contributed by atoms with E-state index >= 15 is 0 Å². The van der Waals surface area contributed by atoms with Crippen LogP contribution in [0.2, 0.25) is 0 Å². The number of aliphatic hydroxyl groups is 1. The largest absolute Gasteiger partial charge is 0.479 e. The van der Waals surface area contributed by atoms with Gasteiger partial charge in [0.1, 0.15) is 0 Å². The maximum atomic E-state index is 10.6. The fourth-order valence-electron chi connectivity index (χ4n) is 1.28. The Bertz CT molecular complexity index is 319. The van der Waals surface area contributed by atoms with Crippen LogP contribution in [0.3, 0.4) is 0 Å². The van der Waals surface area contributed by atoms with Gasteiger partial charge in [0, 0.05) is 5.92 Å². The van der Waals surface area contributed by atoms with Gasteiger partial charge in [-0.15, -0.1) is 6.58 Å². The zero-order valence-electron chi connectivity index (χ0n) is 7.63. The third-order valence-corrected chi connectivity index (χ3v) is 2.03. The molecule has 0 spiro atoms. The minimum absolute atomic E-state index is 0.561. The third-order valence-electron chi connectivity index (χ3n) is 2.03. The first-order valence-corrected chi connectivity index (χ1v) is 4.25. The average molecular weight is 192 g/mol. The summed E-state index contributed by atoms with van der Waals surface area (Å²) in [7, 11) is 0. The summed E-state index contributed by atoms with van der Waals surface area (Å²) in [4.78, 5) is 10.6. The molecule has 1 aromatic rings. The monoisotopic (exact) mass is 192 g/mol. The molecule has 0 aliphatic rings. The molecular weight excluding hydrogens is 180 g/mol. The van der Waals surface area contributed by atoms with Crippen molar-refractivity contribution in [2.24, 2.45) is 0 Å². The molecule has 74 valence electrons. The minimum atomic E-state index is -1.44. The van der Waals surface area contributed by atoms with Crippen molar-refractivity contribution >= 4 is 5.97 Å². The Balaban J connectivity index is 2.93. The molecule has 2 atom stereocenters. The molecule has 3 heteroatoms. The first-order chi connectivity index (χ1) is 6.66. The van der Waals surface area contributed by atoms with E-state index in [0.717, 1.165) is 5.56 Å². The lowest BCUT2D eigenvalue weighted by molar-refractivity contribution is -0.147. The second kappa shape index (κ2) is 4.58. The summed E-state index contributed by atoms with van der Waals surface area (Å²) < 4.78 is 0. The fourth-order valence-corrected chi connectivity index (χ4v) is 1.28. The van der Waals surface area contributed by atoms with E-state index in [0.29, 0.717) is 0 Å². The van der Waals surface area contributed by atoms with Crippen molar-refractivity contribution in [3.8, 4) is 0 Å². The summed E-state index contributed by atoms with van der Waals surface area (Å²) in [6.07, 6.45) is 0.00333. The van der Waals surface area contributed by atoms with Crippen LogP contribution in [0.15, 0.2) is 43.0 Å². The Morgan fingerprint density at radius 1 is 1.36 bits per heavy atom. The highest BCUT2D eigenvalue weighted by Crippen LogP contribution is 2.20. The predicted octanol–water partition coefficient (Wildman–Crippen LogP) is 1.40. The number of hydrogen-bond acceptors (Lipinski definition) is 2. The standard InChI is InChI=1S/C11H12O3/c1-2-9(10(12)11(13)14)8-6-4-3-5-7-8/h2-7,9-10,12H,1H2,(H,13,14)/t9-,10-/m0/s1. The number of rotatable bonds is 4. The van der Waals surface area contributed by atoms with Crippen LogP contribution >= 0.6 is 0 Å². The van der Waals surface area contributed by atoms with Gasteiger partial charge in [-0.2, -0.15) is 0 Å². The van der Waals surface area contributed by atoms with E-state index in [9.17, 15) is 9.90 Å². The SMILES string of the molecule is C=C[C@@H](c1ccccc1)[C@H](O)C(=O)O. The molecule has 0 radical (unpaired) electrons. The van der Waals surface area contributed by atoms with E-state index < -0.39 is 18.0 Å². The highest BCUT2D eigenvalue weighted by Gasteiger charge is 2.24. The summed E-state index contributed by atoms with van der Waals surface area (Å²) in [5.41, 5.74) is 0.748. The topological polar surface area (TPSA) is 57.5 Å². The molecular formula is C11H12O3. The van der Waals surface area contributed by atoms with Crippen LogP contribution in [0.5, 0.6) is 0 Å². The summed E-state index contributed by atoms with van der Waals surface area (Å²) in [5, 5.41) is 18.0. The lowest BCUT2D eigenvalue weighted by atomic mass is 9.94. The third kappa shape index (κ3) is 2.20. The molecule has 2 N–H and O–H groups in total. The molecule has 0 saturated heterocycles. The van der Waals surface area contributed by atoms with E-state index in [-0.39, 0.29) is 0 Å². The van der Waals surface area contributed by atoms with Gasteiger partial charge in [-0.05, 0) is 5.56 Å². The molecule has 0 aliphatic carbocycles. The molecule has 0 amide bonds. The van der Waals surface area contributed by atoms with Crippen molar-refractivity contribution in [3.63, 3.8) is 0 Å². The van der Waals surface area contributed by atoms with Crippen molar-refractivity contribution < 1.29 is 15.0 Å². The van der Waals surface area contributed by atoms with E-state index in [2.05, 4.69) is 6.58 Å². The maximum Gasteiger partial charge on any atom is 0.333 e. The lowest BCUT2D eigenvalue weighted by Crippen LogP contribution is -2.26. The number of carbonyl (C=O) groups is 1. The quantitative estimate of drug-likeness (QED) is 0.709. The van der Waals surface area contributed by atoms with E-state index in [1.54, 1.807) is 24.3 Å². The Hall–Kier alpha value is -1.61. The molecule has 0 fully saturated rings. The summed E-state index contributed by atoms with van der Waals surface area (Å²) in [5.74, 6) is -1.80. The molecule has 0 aliphatic heterocycles. The van der Waals surface area contributed by atoms with Gasteiger partial charge in [0.15, 0.2) is 6.10 Å². The van der Waals surface area contributed by atoms with Crippen LogP contribution in [-0.2, 0) is 4.79 Å². The van der Waals surface area contributed by atoms with Gasteiger partial charge in [-0.25, -0.2) is 4.79 Å². The van der Waals surface area contributed by atoms with Gasteiger partial charge in [0.25, 0.3) is 0 Å². The number of aliphatic hydroxyl groups excluding tert-OH is 1. The number of hydrogen-bond donors (Lipinski definition) is 2. The van der Waals surface area contributed by atoms with Crippen molar-refractivity contribution in [2.45, 2.75) is 12.0 Å². The molecule has 1 aromatic carbocycles. The first-order valence-electron chi connectivity index (χ1n) is 4.25. The molecule has 0 bridgehead atoms. The summed E-state index contributed by atoms with van der Waals surface area (Å²) in [6, 6.07) is 8.94. The molecule has 0 saturated carbocycles. The number of aliphatic carboxylic acids is 1. The predicted molar refractivity (Wildman–Crippen MR) is 53.0 cm³/mol. The van der Waals surface area contributed by atoms with Gasteiger partial charge >= 0.3 is 5.97 Å². The second-order valence-electron chi connectivity index (χ2n) is 2.96. The highest BCUT2D eigenvalue weighted by molar-refractivity contribution is 5.74. The zero-order chi connectivity index (χ0) is 10.6. The average Bonchev–Trinajstić information content (AvgIpc) is 2.20. The van der Waals surface area contributed by atoms with Crippen LogP contribution in [0, 0.1) is 0 Å². The van der Waals surface area contributed by atoms with Crippen molar-refractivity contribution in [1.29, 1.82) is 0 Å². The minimum Gasteiger partial charge on any atom is -0.479 e. The normalized spacial score (nSPS) is 14.4. The van der Waals surface area contributed by atoms with Crippen molar-refractivity contribution in [3.05, 3.63) is 48.6 Å². The highest BCUT2D eigenvalue weighted by atomic mass is 16.4. The van der Waals surface area contributed by atoms with Gasteiger partial charge in [-0.1, -0.05) is 36.4 Å². The molecule has 0 unspecified atom stereocenters. The Labute approximate surface area is 82.3 Å². The van der Waals surface area contributed by atoms with Crippen LogP contribution in [0.4, 0.5) is 0 Å². The lowest BCUT2D eigenvalue weighted by Gasteiger charge is -2.15. The summed E-state index contributed by atoms with van der Waals surface area (Å²) in [6.45, 7) is 3.52. The molecule has 0 aromatic heterocycles. The first kappa shape index (κ1) is 10.5. The Morgan fingerprint density at radius 3 is 2.36 bits per heavy atom. The van der Waals surface area contributed by atoms with E-state index in [4.69, 9.17) is 5.11 Å². The fraction of sp³-hybridized carbons (Fsp3) is 0.182. The Kier molecular flexibility index (Phi) is 3.42. The Morgan fingerprint density at radius 2 is 1.93 bits per heavy atom. The van der Waals surface area contributed by atoms with Crippen LogP contribution < -0.4 is 0 Å². The van der Waals surface area contributed by atoms with Gasteiger partial charge in [0.05, 0.1) is 0 Å². The maximum absolute atomic E-state index is 10.6. The van der Waals surface area contributed by atoms with Gasteiger partial charge in [-0.3, -0.25) is 0 Å². The van der Waals surface area contributed by atoms with Crippen LogP contribution in [-0.4, -0.2) is 22.3 Å².